The van der Waals surface area contributed by atoms with Crippen LogP contribution in [0.25, 0.3) is 11.1 Å². The third-order valence-electron chi connectivity index (χ3n) is 2.28. The lowest BCUT2D eigenvalue weighted by Gasteiger charge is -2.13. The lowest BCUT2D eigenvalue weighted by Crippen LogP contribution is -2.17. The number of ether oxygens (including phenoxy) is 1. The number of halogens is 4. The van der Waals surface area contributed by atoms with Crippen molar-refractivity contribution in [3.8, 4) is 16.9 Å². The second kappa shape index (κ2) is 4.90. The topological polar surface area (TPSA) is 9.23 Å². The maximum atomic E-state index is 12.3. The monoisotopic (exact) mass is 272 g/mol. The van der Waals surface area contributed by atoms with Crippen LogP contribution in [0.5, 0.6) is 5.75 Å². The van der Waals surface area contributed by atoms with Crippen molar-refractivity contribution in [2.24, 2.45) is 0 Å². The fraction of sp³-hybridized carbons (Fsp3) is 0.0769. The molecule has 0 aromatic heterocycles. The Kier molecular flexibility index (Phi) is 3.48. The van der Waals surface area contributed by atoms with Gasteiger partial charge in [0.15, 0.2) is 0 Å². The number of benzene rings is 2. The van der Waals surface area contributed by atoms with Crippen molar-refractivity contribution in [3.63, 3.8) is 0 Å². The van der Waals surface area contributed by atoms with Gasteiger partial charge in [-0.2, -0.15) is 0 Å². The van der Waals surface area contributed by atoms with E-state index in [1.165, 1.54) is 18.2 Å². The number of hydrogen-bond donors (Lipinski definition) is 0. The van der Waals surface area contributed by atoms with Crippen LogP contribution in [0.3, 0.4) is 0 Å². The summed E-state index contributed by atoms with van der Waals surface area (Å²) in [5.74, 6) is -0.266. The first-order valence-corrected chi connectivity index (χ1v) is 5.45. The van der Waals surface area contributed by atoms with E-state index in [9.17, 15) is 13.2 Å². The van der Waals surface area contributed by atoms with Gasteiger partial charge in [-0.15, -0.1) is 13.2 Å². The van der Waals surface area contributed by atoms with Crippen LogP contribution in [0.1, 0.15) is 0 Å². The van der Waals surface area contributed by atoms with Crippen LogP contribution < -0.4 is 4.74 Å². The molecule has 18 heavy (non-hydrogen) atoms. The molecule has 0 bridgehead atoms. The molecule has 1 nitrogen and oxygen atoms in total. The average Bonchev–Trinajstić information content (AvgIpc) is 2.29. The molecular formula is C13H8ClF3O. The number of hydrogen-bond acceptors (Lipinski definition) is 1. The zero-order valence-electron chi connectivity index (χ0n) is 9.04. The van der Waals surface area contributed by atoms with E-state index in [1.807, 2.05) is 0 Å². The molecule has 0 aliphatic heterocycles. The standard InChI is InChI=1S/C13H8ClF3O/c14-11-7-3-1-5-9(11)10-6-2-4-8-12(10)18-13(15,16)17/h1-8H. The first-order valence-electron chi connectivity index (χ1n) is 5.07. The van der Waals surface area contributed by atoms with Crippen LogP contribution in [0.4, 0.5) is 13.2 Å². The minimum absolute atomic E-state index is 0.266. The molecule has 0 unspecified atom stereocenters. The molecule has 0 fully saturated rings. The molecule has 0 saturated heterocycles. The summed E-state index contributed by atoms with van der Waals surface area (Å²) in [6, 6.07) is 12.5. The molecule has 2 aromatic carbocycles. The minimum atomic E-state index is -4.72. The van der Waals surface area contributed by atoms with Gasteiger partial charge in [-0.05, 0) is 12.1 Å². The summed E-state index contributed by atoms with van der Waals surface area (Å²) < 4.78 is 40.8. The lowest BCUT2D eigenvalue weighted by atomic mass is 10.0. The van der Waals surface area contributed by atoms with Gasteiger partial charge in [-0.25, -0.2) is 0 Å². The van der Waals surface area contributed by atoms with Crippen LogP contribution in [-0.2, 0) is 0 Å². The number of para-hydroxylation sites is 1. The fourth-order valence-corrected chi connectivity index (χ4v) is 1.82. The predicted molar refractivity (Wildman–Crippen MR) is 63.6 cm³/mol. The van der Waals surface area contributed by atoms with Crippen molar-refractivity contribution in [1.82, 2.24) is 0 Å². The van der Waals surface area contributed by atoms with Crippen molar-refractivity contribution in [2.75, 3.05) is 0 Å². The summed E-state index contributed by atoms with van der Waals surface area (Å²) in [6.07, 6.45) is -4.72. The molecule has 0 aliphatic carbocycles. The van der Waals surface area contributed by atoms with E-state index in [2.05, 4.69) is 4.74 Å². The van der Waals surface area contributed by atoms with Gasteiger partial charge in [0.25, 0.3) is 0 Å². The molecular weight excluding hydrogens is 265 g/mol. The molecule has 0 amide bonds. The minimum Gasteiger partial charge on any atom is -0.405 e. The van der Waals surface area contributed by atoms with Gasteiger partial charge in [0.05, 0.1) is 0 Å². The Hall–Kier alpha value is -1.68. The Morgan fingerprint density at radius 3 is 2.00 bits per heavy atom. The van der Waals surface area contributed by atoms with Gasteiger partial charge in [0.1, 0.15) is 5.75 Å². The summed E-state index contributed by atoms with van der Waals surface area (Å²) in [5, 5.41) is 0.371. The van der Waals surface area contributed by atoms with E-state index in [0.29, 0.717) is 16.1 Å². The first-order chi connectivity index (χ1) is 8.47. The smallest absolute Gasteiger partial charge is 0.405 e. The Morgan fingerprint density at radius 1 is 0.833 bits per heavy atom. The SMILES string of the molecule is FC(F)(F)Oc1ccccc1-c1ccccc1Cl. The summed E-state index contributed by atoms with van der Waals surface area (Å²) in [6.45, 7) is 0. The average molecular weight is 273 g/mol. The van der Waals surface area contributed by atoms with Crippen LogP contribution in [0.2, 0.25) is 5.02 Å². The van der Waals surface area contributed by atoms with Crippen LogP contribution in [0.15, 0.2) is 48.5 Å². The Labute approximate surface area is 107 Å². The third kappa shape index (κ3) is 2.96. The maximum Gasteiger partial charge on any atom is 0.573 e. The van der Waals surface area contributed by atoms with E-state index < -0.39 is 6.36 Å². The quantitative estimate of drug-likeness (QED) is 0.755. The van der Waals surface area contributed by atoms with Gasteiger partial charge in [0, 0.05) is 16.1 Å². The summed E-state index contributed by atoms with van der Waals surface area (Å²) in [7, 11) is 0. The van der Waals surface area contributed by atoms with E-state index in [0.717, 1.165) is 0 Å². The molecule has 2 aromatic rings. The normalized spacial score (nSPS) is 11.3. The summed E-state index contributed by atoms with van der Waals surface area (Å²) >= 11 is 5.97. The first kappa shape index (κ1) is 12.8. The number of rotatable bonds is 2. The molecule has 0 spiro atoms. The van der Waals surface area contributed by atoms with Crippen molar-refractivity contribution in [1.29, 1.82) is 0 Å². The molecule has 0 atom stereocenters. The van der Waals surface area contributed by atoms with Crippen molar-refractivity contribution in [3.05, 3.63) is 53.6 Å². The number of alkyl halides is 3. The fourth-order valence-electron chi connectivity index (χ4n) is 1.58. The van der Waals surface area contributed by atoms with Crippen molar-refractivity contribution in [2.45, 2.75) is 6.36 Å². The van der Waals surface area contributed by atoms with E-state index >= 15 is 0 Å². The maximum absolute atomic E-state index is 12.3. The zero-order chi connectivity index (χ0) is 13.2. The zero-order valence-corrected chi connectivity index (χ0v) is 9.79. The molecule has 0 radical (unpaired) electrons. The molecule has 0 N–H and O–H groups in total. The highest BCUT2D eigenvalue weighted by Gasteiger charge is 2.32. The van der Waals surface area contributed by atoms with Gasteiger partial charge < -0.3 is 4.74 Å². The van der Waals surface area contributed by atoms with E-state index in [4.69, 9.17) is 11.6 Å². The highest BCUT2D eigenvalue weighted by molar-refractivity contribution is 6.33. The lowest BCUT2D eigenvalue weighted by molar-refractivity contribution is -0.274. The molecule has 94 valence electrons. The summed E-state index contributed by atoms with van der Waals surface area (Å²) in [5.41, 5.74) is 0.805. The third-order valence-corrected chi connectivity index (χ3v) is 2.61. The Morgan fingerprint density at radius 2 is 1.39 bits per heavy atom. The van der Waals surface area contributed by atoms with Gasteiger partial charge in [0.2, 0.25) is 0 Å². The van der Waals surface area contributed by atoms with Crippen LogP contribution >= 0.6 is 11.6 Å². The largest absolute Gasteiger partial charge is 0.573 e. The van der Waals surface area contributed by atoms with E-state index in [1.54, 1.807) is 30.3 Å². The van der Waals surface area contributed by atoms with Gasteiger partial charge in [-0.3, -0.25) is 0 Å². The van der Waals surface area contributed by atoms with E-state index in [-0.39, 0.29) is 5.75 Å². The van der Waals surface area contributed by atoms with Crippen molar-refractivity contribution >= 4 is 11.6 Å². The molecule has 0 aliphatic rings. The molecule has 5 heteroatoms. The van der Waals surface area contributed by atoms with Crippen molar-refractivity contribution < 1.29 is 17.9 Å². The highest BCUT2D eigenvalue weighted by Crippen LogP contribution is 2.36. The van der Waals surface area contributed by atoms with Gasteiger partial charge >= 0.3 is 6.36 Å². The van der Waals surface area contributed by atoms with Crippen LogP contribution in [-0.4, -0.2) is 6.36 Å². The Balaban J connectivity index is 2.49. The highest BCUT2D eigenvalue weighted by atomic mass is 35.5. The molecule has 0 saturated carbocycles. The van der Waals surface area contributed by atoms with Gasteiger partial charge in [-0.1, -0.05) is 48.0 Å². The Bertz CT molecular complexity index is 552. The molecule has 0 heterocycles. The van der Waals surface area contributed by atoms with Crippen LogP contribution in [0, 0.1) is 0 Å². The predicted octanol–water partition coefficient (Wildman–Crippen LogP) is 4.91. The molecule has 2 rings (SSSR count). The second-order valence-corrected chi connectivity index (χ2v) is 3.93. The summed E-state index contributed by atoms with van der Waals surface area (Å²) in [4.78, 5) is 0. The second-order valence-electron chi connectivity index (χ2n) is 3.52.